The Morgan fingerprint density at radius 3 is 2.90 bits per heavy atom. The molecule has 0 bridgehead atoms. The molecule has 1 fully saturated rings. The lowest BCUT2D eigenvalue weighted by Gasteiger charge is -2.27. The SMILES string of the molecule is O=C(NCc1sccc1Br)NC1CCCC(C(=O)O)C1. The van der Waals surface area contributed by atoms with Crippen molar-refractivity contribution in [2.24, 2.45) is 5.92 Å². The Morgan fingerprint density at radius 2 is 2.25 bits per heavy atom. The van der Waals surface area contributed by atoms with Crippen molar-refractivity contribution in [2.75, 3.05) is 0 Å². The Hall–Kier alpha value is -1.08. The highest BCUT2D eigenvalue weighted by molar-refractivity contribution is 9.10. The van der Waals surface area contributed by atoms with Crippen LogP contribution in [-0.4, -0.2) is 23.1 Å². The van der Waals surface area contributed by atoms with Gasteiger partial charge in [0.15, 0.2) is 0 Å². The molecule has 110 valence electrons. The van der Waals surface area contributed by atoms with Crippen molar-refractivity contribution in [1.82, 2.24) is 10.6 Å². The number of carbonyl (C=O) groups is 2. The minimum absolute atomic E-state index is 0.0448. The van der Waals surface area contributed by atoms with Crippen LogP contribution in [0.2, 0.25) is 0 Å². The molecule has 1 aliphatic rings. The van der Waals surface area contributed by atoms with Gasteiger partial charge in [0, 0.05) is 15.4 Å². The molecule has 3 N–H and O–H groups in total. The molecule has 2 rings (SSSR count). The number of urea groups is 1. The molecule has 2 atom stereocenters. The number of halogens is 1. The smallest absolute Gasteiger partial charge is 0.315 e. The van der Waals surface area contributed by atoms with Crippen molar-refractivity contribution in [3.63, 3.8) is 0 Å². The van der Waals surface area contributed by atoms with E-state index in [1.807, 2.05) is 11.4 Å². The molecule has 20 heavy (non-hydrogen) atoms. The lowest BCUT2D eigenvalue weighted by atomic mass is 9.86. The standard InChI is InChI=1S/C13H17BrN2O3S/c14-10-4-5-20-11(10)7-15-13(19)16-9-3-1-2-8(6-9)12(17)18/h4-5,8-9H,1-3,6-7H2,(H,17,18)(H2,15,16,19). The van der Waals surface area contributed by atoms with Crippen LogP contribution in [0.3, 0.4) is 0 Å². The molecule has 1 heterocycles. The Bertz CT molecular complexity index is 492. The van der Waals surface area contributed by atoms with Gasteiger partial charge in [-0.15, -0.1) is 11.3 Å². The third-order valence-electron chi connectivity index (χ3n) is 3.46. The van der Waals surface area contributed by atoms with Gasteiger partial charge in [0.2, 0.25) is 0 Å². The topological polar surface area (TPSA) is 78.4 Å². The fourth-order valence-electron chi connectivity index (χ4n) is 2.39. The Balaban J connectivity index is 1.76. The quantitative estimate of drug-likeness (QED) is 0.772. The second kappa shape index (κ2) is 7.08. The van der Waals surface area contributed by atoms with Crippen LogP contribution in [0.25, 0.3) is 0 Å². The van der Waals surface area contributed by atoms with Crippen LogP contribution in [0.1, 0.15) is 30.6 Å². The average molecular weight is 361 g/mol. The highest BCUT2D eigenvalue weighted by Crippen LogP contribution is 2.24. The number of amides is 2. The van der Waals surface area contributed by atoms with Gasteiger partial charge < -0.3 is 15.7 Å². The van der Waals surface area contributed by atoms with E-state index in [2.05, 4.69) is 26.6 Å². The molecule has 0 saturated heterocycles. The first-order chi connectivity index (χ1) is 9.56. The van der Waals surface area contributed by atoms with Crippen molar-refractivity contribution in [3.05, 3.63) is 20.8 Å². The Morgan fingerprint density at radius 1 is 1.45 bits per heavy atom. The first-order valence-electron chi connectivity index (χ1n) is 6.55. The van der Waals surface area contributed by atoms with Gasteiger partial charge >= 0.3 is 12.0 Å². The van der Waals surface area contributed by atoms with E-state index in [1.54, 1.807) is 11.3 Å². The molecular formula is C13H17BrN2O3S. The number of carboxylic acids is 1. The summed E-state index contributed by atoms with van der Waals surface area (Å²) < 4.78 is 0.992. The number of rotatable bonds is 4. The lowest BCUT2D eigenvalue weighted by molar-refractivity contribution is -0.143. The first-order valence-corrected chi connectivity index (χ1v) is 8.22. The first kappa shape index (κ1) is 15.3. The fraction of sp³-hybridized carbons (Fsp3) is 0.538. The van der Waals surface area contributed by atoms with Gasteiger partial charge in [0.25, 0.3) is 0 Å². The summed E-state index contributed by atoms with van der Waals surface area (Å²) in [6, 6.07) is 1.66. The minimum Gasteiger partial charge on any atom is -0.481 e. The lowest BCUT2D eigenvalue weighted by Crippen LogP contribution is -2.44. The van der Waals surface area contributed by atoms with Gasteiger partial charge in [-0.1, -0.05) is 6.42 Å². The predicted octanol–water partition coefficient (Wildman–Crippen LogP) is 2.95. The van der Waals surface area contributed by atoms with Crippen LogP contribution >= 0.6 is 27.3 Å². The van der Waals surface area contributed by atoms with Gasteiger partial charge in [-0.25, -0.2) is 4.79 Å². The van der Waals surface area contributed by atoms with E-state index in [0.29, 0.717) is 19.4 Å². The average Bonchev–Trinajstić information content (AvgIpc) is 2.82. The van der Waals surface area contributed by atoms with Crippen molar-refractivity contribution >= 4 is 39.3 Å². The molecule has 0 aromatic carbocycles. The van der Waals surface area contributed by atoms with Crippen LogP contribution in [-0.2, 0) is 11.3 Å². The Kier molecular flexibility index (Phi) is 5.42. The van der Waals surface area contributed by atoms with Gasteiger partial charge in [-0.2, -0.15) is 0 Å². The van der Waals surface area contributed by atoms with E-state index >= 15 is 0 Å². The van der Waals surface area contributed by atoms with E-state index in [-0.39, 0.29) is 18.0 Å². The van der Waals surface area contributed by atoms with Gasteiger partial charge in [-0.05, 0) is 46.6 Å². The maximum atomic E-state index is 11.8. The van der Waals surface area contributed by atoms with Crippen molar-refractivity contribution in [1.29, 1.82) is 0 Å². The molecular weight excluding hydrogens is 344 g/mol. The van der Waals surface area contributed by atoms with E-state index in [4.69, 9.17) is 5.11 Å². The molecule has 1 saturated carbocycles. The van der Waals surface area contributed by atoms with E-state index < -0.39 is 5.97 Å². The maximum Gasteiger partial charge on any atom is 0.315 e. The Labute approximate surface area is 129 Å². The number of hydrogen-bond acceptors (Lipinski definition) is 3. The second-order valence-corrected chi connectivity index (χ2v) is 6.77. The summed E-state index contributed by atoms with van der Waals surface area (Å²) >= 11 is 4.99. The van der Waals surface area contributed by atoms with Crippen molar-refractivity contribution < 1.29 is 14.7 Å². The third kappa shape index (κ3) is 4.21. The summed E-state index contributed by atoms with van der Waals surface area (Å²) in [5, 5.41) is 16.6. The van der Waals surface area contributed by atoms with Gasteiger partial charge in [-0.3, -0.25) is 4.79 Å². The molecule has 1 aromatic heterocycles. The molecule has 2 unspecified atom stereocenters. The summed E-state index contributed by atoms with van der Waals surface area (Å²) in [5.41, 5.74) is 0. The summed E-state index contributed by atoms with van der Waals surface area (Å²) in [6.45, 7) is 0.471. The van der Waals surface area contributed by atoms with E-state index in [1.165, 1.54) is 0 Å². The zero-order valence-electron chi connectivity index (χ0n) is 10.9. The number of carbonyl (C=O) groups excluding carboxylic acids is 1. The third-order valence-corrected chi connectivity index (χ3v) is 5.39. The number of nitrogens with one attached hydrogen (secondary N) is 2. The predicted molar refractivity (Wildman–Crippen MR) is 80.8 cm³/mol. The second-order valence-electron chi connectivity index (χ2n) is 4.92. The number of hydrogen-bond donors (Lipinski definition) is 3. The van der Waals surface area contributed by atoms with E-state index in [9.17, 15) is 9.59 Å². The molecule has 2 amide bonds. The number of thiophene rings is 1. The molecule has 5 nitrogen and oxygen atoms in total. The highest BCUT2D eigenvalue weighted by Gasteiger charge is 2.27. The van der Waals surface area contributed by atoms with Crippen LogP contribution in [0.15, 0.2) is 15.9 Å². The summed E-state index contributed by atoms with van der Waals surface area (Å²) in [7, 11) is 0. The zero-order valence-corrected chi connectivity index (χ0v) is 13.3. The van der Waals surface area contributed by atoms with Gasteiger partial charge in [0.05, 0.1) is 12.5 Å². The molecule has 0 radical (unpaired) electrons. The molecule has 0 spiro atoms. The van der Waals surface area contributed by atoms with Crippen molar-refractivity contribution in [2.45, 2.75) is 38.3 Å². The fourth-order valence-corrected chi connectivity index (χ4v) is 3.83. The monoisotopic (exact) mass is 360 g/mol. The molecule has 7 heteroatoms. The van der Waals surface area contributed by atoms with Crippen LogP contribution in [0, 0.1) is 5.92 Å². The van der Waals surface area contributed by atoms with Crippen molar-refractivity contribution in [3.8, 4) is 0 Å². The molecule has 1 aromatic rings. The summed E-state index contributed by atoms with van der Waals surface area (Å²) in [6.07, 6.45) is 2.92. The van der Waals surface area contributed by atoms with E-state index in [0.717, 1.165) is 22.2 Å². The van der Waals surface area contributed by atoms with Crippen LogP contribution in [0.5, 0.6) is 0 Å². The largest absolute Gasteiger partial charge is 0.481 e. The number of aliphatic carboxylic acids is 1. The summed E-state index contributed by atoms with van der Waals surface area (Å²) in [5.74, 6) is -1.10. The molecule has 1 aliphatic carbocycles. The minimum atomic E-state index is -0.764. The molecule has 0 aliphatic heterocycles. The normalized spacial score (nSPS) is 22.2. The van der Waals surface area contributed by atoms with Crippen LogP contribution < -0.4 is 10.6 Å². The highest BCUT2D eigenvalue weighted by atomic mass is 79.9. The van der Waals surface area contributed by atoms with Gasteiger partial charge in [0.1, 0.15) is 0 Å². The summed E-state index contributed by atoms with van der Waals surface area (Å²) in [4.78, 5) is 23.8. The number of carboxylic acid groups (broad SMARTS) is 1. The van der Waals surface area contributed by atoms with Crippen LogP contribution in [0.4, 0.5) is 4.79 Å². The maximum absolute atomic E-state index is 11.8. The zero-order chi connectivity index (χ0) is 14.5.